The predicted octanol–water partition coefficient (Wildman–Crippen LogP) is 3.90. The summed E-state index contributed by atoms with van der Waals surface area (Å²) in [6, 6.07) is 2.23. The quantitative estimate of drug-likeness (QED) is 0.619. The number of rotatable bonds is 2. The minimum atomic E-state index is 0.716. The van der Waals surface area contributed by atoms with E-state index < -0.39 is 0 Å². The number of allylic oxidation sites excluding steroid dienone is 5. The van der Waals surface area contributed by atoms with E-state index in [0.717, 1.165) is 18.4 Å². The van der Waals surface area contributed by atoms with Crippen molar-refractivity contribution in [3.63, 3.8) is 0 Å². The molecule has 0 aromatic carbocycles. The molecule has 78 valence electrons. The van der Waals surface area contributed by atoms with Crippen LogP contribution in [0.4, 0.5) is 0 Å². The van der Waals surface area contributed by atoms with Gasteiger partial charge in [0.2, 0.25) is 0 Å². The molecule has 0 amide bonds. The Labute approximate surface area is 91.8 Å². The highest BCUT2D eigenvalue weighted by molar-refractivity contribution is 5.33. The van der Waals surface area contributed by atoms with Crippen LogP contribution in [-0.2, 0) is 0 Å². The monoisotopic (exact) mass is 199 g/mol. The van der Waals surface area contributed by atoms with Crippen LogP contribution in [0.25, 0.3) is 0 Å². The Bertz CT molecular complexity index is 365. The average Bonchev–Trinajstić information content (AvgIpc) is 2.66. The molecule has 0 bridgehead atoms. The van der Waals surface area contributed by atoms with E-state index in [1.165, 1.54) is 36.8 Å². The highest BCUT2D eigenvalue weighted by atomic mass is 14.3. The molecule has 0 aliphatic heterocycles. The van der Waals surface area contributed by atoms with Gasteiger partial charge in [0.25, 0.3) is 0 Å². The van der Waals surface area contributed by atoms with E-state index in [0.29, 0.717) is 5.92 Å². The minimum absolute atomic E-state index is 0.716. The first-order valence-electron chi connectivity index (χ1n) is 5.76. The fourth-order valence-electron chi connectivity index (χ4n) is 2.49. The molecule has 0 saturated heterocycles. The molecule has 0 aromatic heterocycles. The maximum Gasteiger partial charge on any atom is 0.0947 e. The van der Waals surface area contributed by atoms with E-state index in [1.54, 1.807) is 0 Å². The average molecular weight is 199 g/mol. The Morgan fingerprint density at radius 1 is 1.33 bits per heavy atom. The second-order valence-corrected chi connectivity index (χ2v) is 4.58. The van der Waals surface area contributed by atoms with Gasteiger partial charge >= 0.3 is 0 Å². The summed E-state index contributed by atoms with van der Waals surface area (Å²) in [6.45, 7) is 4.14. The third-order valence-electron chi connectivity index (χ3n) is 3.52. The first-order valence-corrected chi connectivity index (χ1v) is 5.76. The molecular weight excluding hydrogens is 182 g/mol. The fraction of sp³-hybridized carbons (Fsp3) is 0.500. The van der Waals surface area contributed by atoms with Crippen LogP contribution >= 0.6 is 0 Å². The largest absolute Gasteiger partial charge is 0.193 e. The van der Waals surface area contributed by atoms with Gasteiger partial charge < -0.3 is 0 Å². The summed E-state index contributed by atoms with van der Waals surface area (Å²) in [5.74, 6) is 0.716. The summed E-state index contributed by atoms with van der Waals surface area (Å²) in [7, 11) is 0. The van der Waals surface area contributed by atoms with Crippen LogP contribution in [0, 0.1) is 17.2 Å². The van der Waals surface area contributed by atoms with Crippen molar-refractivity contribution in [2.45, 2.75) is 38.5 Å². The van der Waals surface area contributed by atoms with Crippen LogP contribution in [0.5, 0.6) is 0 Å². The number of nitrogens with zero attached hydrogens (tertiary/aromatic N) is 1. The third-order valence-corrected chi connectivity index (χ3v) is 3.52. The molecule has 0 heterocycles. The molecule has 2 rings (SSSR count). The third kappa shape index (κ3) is 2.39. The second-order valence-electron chi connectivity index (χ2n) is 4.58. The minimum Gasteiger partial charge on any atom is -0.193 e. The van der Waals surface area contributed by atoms with Gasteiger partial charge in [0.05, 0.1) is 6.07 Å². The van der Waals surface area contributed by atoms with Crippen LogP contribution < -0.4 is 0 Å². The summed E-state index contributed by atoms with van der Waals surface area (Å²) in [5.41, 5.74) is 3.86. The second kappa shape index (κ2) is 4.49. The van der Waals surface area contributed by atoms with Gasteiger partial charge in [-0.05, 0) is 50.5 Å². The maximum atomic E-state index is 8.74. The van der Waals surface area contributed by atoms with Crippen molar-refractivity contribution < 1.29 is 0 Å². The lowest BCUT2D eigenvalue weighted by atomic mass is 9.89. The standard InChI is InChI=1S/C14H17N/c1-11-3-2-4-14(11)9-12-5-7-13(10-15)8-6-12/h5,7,14H,1-4,6,8-9H2. The van der Waals surface area contributed by atoms with Gasteiger partial charge in [0.1, 0.15) is 0 Å². The molecule has 0 N–H and O–H groups in total. The molecule has 1 unspecified atom stereocenters. The molecule has 1 heteroatoms. The topological polar surface area (TPSA) is 23.8 Å². The van der Waals surface area contributed by atoms with Crippen molar-refractivity contribution in [1.29, 1.82) is 5.26 Å². The number of hydrogen-bond donors (Lipinski definition) is 0. The van der Waals surface area contributed by atoms with Crippen molar-refractivity contribution in [2.75, 3.05) is 0 Å². The van der Waals surface area contributed by atoms with Crippen molar-refractivity contribution in [2.24, 2.45) is 5.92 Å². The maximum absolute atomic E-state index is 8.74. The number of nitriles is 1. The Morgan fingerprint density at radius 3 is 2.73 bits per heavy atom. The van der Waals surface area contributed by atoms with E-state index in [9.17, 15) is 0 Å². The molecule has 2 aliphatic rings. The van der Waals surface area contributed by atoms with E-state index >= 15 is 0 Å². The van der Waals surface area contributed by atoms with Crippen LogP contribution in [-0.4, -0.2) is 0 Å². The zero-order valence-corrected chi connectivity index (χ0v) is 9.13. The highest BCUT2D eigenvalue weighted by Gasteiger charge is 2.20. The first kappa shape index (κ1) is 10.2. The van der Waals surface area contributed by atoms with Gasteiger partial charge in [-0.25, -0.2) is 0 Å². The molecule has 1 atom stereocenters. The van der Waals surface area contributed by atoms with E-state index in [2.05, 4.69) is 18.7 Å². The van der Waals surface area contributed by atoms with Gasteiger partial charge in [-0.15, -0.1) is 0 Å². The van der Waals surface area contributed by atoms with Gasteiger partial charge in [-0.3, -0.25) is 0 Å². The van der Waals surface area contributed by atoms with Gasteiger partial charge in [0.15, 0.2) is 0 Å². The van der Waals surface area contributed by atoms with Gasteiger partial charge in [0, 0.05) is 5.57 Å². The zero-order valence-electron chi connectivity index (χ0n) is 9.13. The van der Waals surface area contributed by atoms with Crippen LogP contribution in [0.3, 0.4) is 0 Å². The number of hydrogen-bond acceptors (Lipinski definition) is 1. The molecule has 0 radical (unpaired) electrons. The van der Waals surface area contributed by atoms with Crippen LogP contribution in [0.15, 0.2) is 35.5 Å². The molecule has 1 fully saturated rings. The smallest absolute Gasteiger partial charge is 0.0947 e. The van der Waals surface area contributed by atoms with Crippen molar-refractivity contribution in [1.82, 2.24) is 0 Å². The van der Waals surface area contributed by atoms with Gasteiger partial charge in [-0.2, -0.15) is 5.26 Å². The van der Waals surface area contributed by atoms with Crippen molar-refractivity contribution in [3.8, 4) is 6.07 Å². The normalized spacial score (nSPS) is 25.8. The summed E-state index contributed by atoms with van der Waals surface area (Å²) < 4.78 is 0. The molecule has 2 aliphatic carbocycles. The summed E-state index contributed by atoms with van der Waals surface area (Å²) in [4.78, 5) is 0. The first-order chi connectivity index (χ1) is 7.29. The van der Waals surface area contributed by atoms with E-state index in [-0.39, 0.29) is 0 Å². The molecule has 15 heavy (non-hydrogen) atoms. The van der Waals surface area contributed by atoms with Crippen LogP contribution in [0.2, 0.25) is 0 Å². The lowest BCUT2D eigenvalue weighted by Gasteiger charge is -2.16. The van der Waals surface area contributed by atoms with Crippen molar-refractivity contribution in [3.05, 3.63) is 35.5 Å². The summed E-state index contributed by atoms with van der Waals surface area (Å²) >= 11 is 0. The lowest BCUT2D eigenvalue weighted by molar-refractivity contribution is 0.605. The van der Waals surface area contributed by atoms with Crippen LogP contribution in [0.1, 0.15) is 38.5 Å². The summed E-state index contributed by atoms with van der Waals surface area (Å²) in [5, 5.41) is 8.74. The molecule has 0 spiro atoms. The molecule has 1 nitrogen and oxygen atoms in total. The SMILES string of the molecule is C=C1CCCC1CC1=CC=C(C#N)CC1. The lowest BCUT2D eigenvalue weighted by Crippen LogP contribution is -2.01. The Morgan fingerprint density at radius 2 is 2.20 bits per heavy atom. The molecule has 1 saturated carbocycles. The fourth-order valence-corrected chi connectivity index (χ4v) is 2.49. The Kier molecular flexibility index (Phi) is 3.06. The van der Waals surface area contributed by atoms with E-state index in [4.69, 9.17) is 5.26 Å². The molecule has 0 aromatic rings. The molecular formula is C14H17N. The Balaban J connectivity index is 1.96. The highest BCUT2D eigenvalue weighted by Crippen LogP contribution is 2.36. The predicted molar refractivity (Wildman–Crippen MR) is 62.1 cm³/mol. The Hall–Kier alpha value is -1.29. The zero-order chi connectivity index (χ0) is 10.7. The van der Waals surface area contributed by atoms with E-state index in [1.807, 2.05) is 6.08 Å². The summed E-state index contributed by atoms with van der Waals surface area (Å²) in [6.07, 6.45) is 11.2. The van der Waals surface area contributed by atoms with Crippen molar-refractivity contribution >= 4 is 0 Å². The van der Waals surface area contributed by atoms with Gasteiger partial charge in [-0.1, -0.05) is 23.8 Å².